The third-order valence-electron chi connectivity index (χ3n) is 4.07. The molecule has 112 valence electrons. The van der Waals surface area contributed by atoms with E-state index in [0.29, 0.717) is 13.0 Å². The van der Waals surface area contributed by atoms with Crippen molar-refractivity contribution in [1.29, 1.82) is 0 Å². The first kappa shape index (κ1) is 14.0. The monoisotopic (exact) mass is 287 g/mol. The maximum atomic E-state index is 12.2. The van der Waals surface area contributed by atoms with Crippen molar-refractivity contribution in [1.82, 2.24) is 19.5 Å². The number of fused-ring (bicyclic) bond motifs is 1. The Morgan fingerprint density at radius 3 is 3.14 bits per heavy atom. The number of pyridine rings is 1. The average molecular weight is 287 g/mol. The number of piperidine rings is 1. The molecule has 2 N–H and O–H groups in total. The van der Waals surface area contributed by atoms with Crippen LogP contribution in [0.15, 0.2) is 24.4 Å². The summed E-state index contributed by atoms with van der Waals surface area (Å²) in [7, 11) is 0. The first-order valence-electron chi connectivity index (χ1n) is 7.57. The van der Waals surface area contributed by atoms with E-state index in [0.717, 1.165) is 43.8 Å². The number of carbonyl (C=O) groups excluding carboxylic acids is 1. The van der Waals surface area contributed by atoms with E-state index in [4.69, 9.17) is 5.73 Å². The molecule has 2 aromatic heterocycles. The molecule has 1 atom stereocenters. The SMILES string of the molecule is NCCCC(=O)N1CCCC(c2nnc3ccccn23)C1. The fraction of sp³-hybridized carbons (Fsp3) is 0.533. The first-order chi connectivity index (χ1) is 10.3. The lowest BCUT2D eigenvalue weighted by atomic mass is 9.97. The van der Waals surface area contributed by atoms with Gasteiger partial charge in [0.05, 0.1) is 0 Å². The molecule has 2 aromatic rings. The quantitative estimate of drug-likeness (QED) is 0.916. The number of amides is 1. The van der Waals surface area contributed by atoms with E-state index in [1.54, 1.807) is 0 Å². The molecule has 0 bridgehead atoms. The van der Waals surface area contributed by atoms with Gasteiger partial charge in [-0.2, -0.15) is 0 Å². The summed E-state index contributed by atoms with van der Waals surface area (Å²) in [5, 5.41) is 8.54. The molecule has 1 saturated heterocycles. The molecule has 3 heterocycles. The van der Waals surface area contributed by atoms with Gasteiger partial charge in [-0.25, -0.2) is 0 Å². The van der Waals surface area contributed by atoms with Crippen molar-refractivity contribution >= 4 is 11.6 Å². The Hall–Kier alpha value is -1.95. The number of likely N-dealkylation sites (tertiary alicyclic amines) is 1. The van der Waals surface area contributed by atoms with Gasteiger partial charge in [0, 0.05) is 31.6 Å². The lowest BCUT2D eigenvalue weighted by Crippen LogP contribution is -2.39. The van der Waals surface area contributed by atoms with Crippen LogP contribution in [0.1, 0.15) is 37.4 Å². The zero-order valence-corrected chi connectivity index (χ0v) is 12.1. The second-order valence-electron chi connectivity index (χ2n) is 5.56. The van der Waals surface area contributed by atoms with Crippen molar-refractivity contribution in [2.45, 2.75) is 31.6 Å². The zero-order chi connectivity index (χ0) is 14.7. The molecule has 6 heteroatoms. The van der Waals surface area contributed by atoms with Crippen molar-refractivity contribution < 1.29 is 4.79 Å². The molecule has 0 radical (unpaired) electrons. The Labute approximate surface area is 123 Å². The van der Waals surface area contributed by atoms with Crippen LogP contribution in [0.3, 0.4) is 0 Å². The second-order valence-corrected chi connectivity index (χ2v) is 5.56. The highest BCUT2D eigenvalue weighted by molar-refractivity contribution is 5.76. The first-order valence-corrected chi connectivity index (χ1v) is 7.57. The minimum atomic E-state index is 0.207. The summed E-state index contributed by atoms with van der Waals surface area (Å²) in [5.41, 5.74) is 6.34. The predicted molar refractivity (Wildman–Crippen MR) is 79.8 cm³/mol. The molecular formula is C15H21N5O. The van der Waals surface area contributed by atoms with Crippen LogP contribution < -0.4 is 5.73 Å². The Kier molecular flexibility index (Phi) is 4.15. The van der Waals surface area contributed by atoms with Gasteiger partial charge in [-0.3, -0.25) is 9.20 Å². The predicted octanol–water partition coefficient (Wildman–Crippen LogP) is 1.17. The van der Waals surface area contributed by atoms with Gasteiger partial charge < -0.3 is 10.6 Å². The number of nitrogens with two attached hydrogens (primary N) is 1. The van der Waals surface area contributed by atoms with Crippen LogP contribution in [-0.4, -0.2) is 45.0 Å². The topological polar surface area (TPSA) is 76.5 Å². The van der Waals surface area contributed by atoms with Gasteiger partial charge in [-0.1, -0.05) is 6.07 Å². The van der Waals surface area contributed by atoms with Crippen LogP contribution in [0.2, 0.25) is 0 Å². The summed E-state index contributed by atoms with van der Waals surface area (Å²) >= 11 is 0. The summed E-state index contributed by atoms with van der Waals surface area (Å²) < 4.78 is 2.03. The van der Waals surface area contributed by atoms with Crippen molar-refractivity contribution in [3.05, 3.63) is 30.2 Å². The van der Waals surface area contributed by atoms with Gasteiger partial charge in [0.2, 0.25) is 5.91 Å². The van der Waals surface area contributed by atoms with Gasteiger partial charge in [0.25, 0.3) is 0 Å². The van der Waals surface area contributed by atoms with Gasteiger partial charge in [0.1, 0.15) is 5.82 Å². The van der Waals surface area contributed by atoms with Crippen LogP contribution in [-0.2, 0) is 4.79 Å². The molecule has 1 aliphatic heterocycles. The number of nitrogens with zero attached hydrogens (tertiary/aromatic N) is 4. The van der Waals surface area contributed by atoms with Crippen molar-refractivity contribution in [3.63, 3.8) is 0 Å². The molecule has 1 amide bonds. The molecule has 1 aliphatic rings. The molecule has 0 aromatic carbocycles. The minimum absolute atomic E-state index is 0.207. The second kappa shape index (κ2) is 6.22. The fourth-order valence-electron chi connectivity index (χ4n) is 2.96. The summed E-state index contributed by atoms with van der Waals surface area (Å²) in [6.07, 6.45) is 5.36. The summed E-state index contributed by atoms with van der Waals surface area (Å²) in [5.74, 6) is 1.43. The van der Waals surface area contributed by atoms with Crippen LogP contribution in [0.4, 0.5) is 0 Å². The normalized spacial score (nSPS) is 19.1. The Balaban J connectivity index is 1.75. The molecule has 0 aliphatic carbocycles. The third kappa shape index (κ3) is 2.90. The molecule has 3 rings (SSSR count). The fourth-order valence-corrected chi connectivity index (χ4v) is 2.96. The maximum absolute atomic E-state index is 12.2. The number of hydrogen-bond donors (Lipinski definition) is 1. The molecular weight excluding hydrogens is 266 g/mol. The van der Waals surface area contributed by atoms with Gasteiger partial charge >= 0.3 is 0 Å². The standard InChI is InChI=1S/C15H21N5O/c16-8-3-7-14(21)19-9-4-5-12(11-19)15-18-17-13-6-1-2-10-20(13)15/h1-2,6,10,12H,3-5,7-9,11,16H2. The van der Waals surface area contributed by atoms with Gasteiger partial charge in [-0.15, -0.1) is 10.2 Å². The highest BCUT2D eigenvalue weighted by Crippen LogP contribution is 2.26. The van der Waals surface area contributed by atoms with Crippen molar-refractivity contribution in [2.75, 3.05) is 19.6 Å². The largest absolute Gasteiger partial charge is 0.342 e. The van der Waals surface area contributed by atoms with Gasteiger partial charge in [-0.05, 0) is 37.9 Å². The number of carbonyl (C=O) groups is 1. The number of aromatic nitrogens is 3. The van der Waals surface area contributed by atoms with E-state index in [1.165, 1.54) is 0 Å². The summed E-state index contributed by atoms with van der Waals surface area (Å²) in [4.78, 5) is 14.1. The van der Waals surface area contributed by atoms with E-state index in [2.05, 4.69) is 10.2 Å². The smallest absolute Gasteiger partial charge is 0.222 e. The molecule has 0 spiro atoms. The summed E-state index contributed by atoms with van der Waals surface area (Å²) in [6, 6.07) is 5.88. The molecule has 21 heavy (non-hydrogen) atoms. The average Bonchev–Trinajstić information content (AvgIpc) is 2.97. The highest BCUT2D eigenvalue weighted by atomic mass is 16.2. The van der Waals surface area contributed by atoms with E-state index >= 15 is 0 Å². The van der Waals surface area contributed by atoms with Crippen LogP contribution in [0.25, 0.3) is 5.65 Å². The maximum Gasteiger partial charge on any atom is 0.222 e. The van der Waals surface area contributed by atoms with E-state index in [-0.39, 0.29) is 11.8 Å². The Morgan fingerprint density at radius 1 is 1.38 bits per heavy atom. The van der Waals surface area contributed by atoms with Crippen LogP contribution in [0.5, 0.6) is 0 Å². The molecule has 6 nitrogen and oxygen atoms in total. The third-order valence-corrected chi connectivity index (χ3v) is 4.07. The minimum Gasteiger partial charge on any atom is -0.342 e. The lowest BCUT2D eigenvalue weighted by Gasteiger charge is -2.32. The van der Waals surface area contributed by atoms with Crippen molar-refractivity contribution in [2.24, 2.45) is 5.73 Å². The van der Waals surface area contributed by atoms with E-state index in [9.17, 15) is 4.79 Å². The highest BCUT2D eigenvalue weighted by Gasteiger charge is 2.27. The van der Waals surface area contributed by atoms with Gasteiger partial charge in [0.15, 0.2) is 5.65 Å². The lowest BCUT2D eigenvalue weighted by molar-refractivity contribution is -0.132. The van der Waals surface area contributed by atoms with E-state index < -0.39 is 0 Å². The number of rotatable bonds is 4. The molecule has 1 unspecified atom stereocenters. The van der Waals surface area contributed by atoms with Crippen LogP contribution in [0, 0.1) is 0 Å². The van der Waals surface area contributed by atoms with Crippen molar-refractivity contribution in [3.8, 4) is 0 Å². The Bertz CT molecular complexity index is 623. The van der Waals surface area contributed by atoms with Crippen LogP contribution >= 0.6 is 0 Å². The molecule has 1 fully saturated rings. The zero-order valence-electron chi connectivity index (χ0n) is 12.1. The van der Waals surface area contributed by atoms with E-state index in [1.807, 2.05) is 33.7 Å². The number of hydrogen-bond acceptors (Lipinski definition) is 4. The Morgan fingerprint density at radius 2 is 2.29 bits per heavy atom. The molecule has 0 saturated carbocycles. The summed E-state index contributed by atoms with van der Waals surface area (Å²) in [6.45, 7) is 2.15.